The van der Waals surface area contributed by atoms with Gasteiger partial charge in [-0.3, -0.25) is 4.79 Å². The Balaban J connectivity index is 2.68. The van der Waals surface area contributed by atoms with Crippen LogP contribution in [0.4, 0.5) is 0 Å². The molecular weight excluding hydrogens is 154 g/mol. The van der Waals surface area contributed by atoms with Gasteiger partial charge in [0.25, 0.3) is 5.91 Å². The monoisotopic (exact) mass is 161 g/mol. The van der Waals surface area contributed by atoms with Gasteiger partial charge in [-0.1, -0.05) is 0 Å². The predicted molar refractivity (Wildman–Crippen MR) is 43.7 cm³/mol. The number of hydrogen-bond donors (Lipinski definition) is 1. The second kappa shape index (κ2) is 2.34. The van der Waals surface area contributed by atoms with Crippen LogP contribution in [0.15, 0.2) is 30.7 Å². The first-order valence-corrected chi connectivity index (χ1v) is 3.50. The molecule has 0 saturated heterocycles. The Morgan fingerprint density at radius 3 is 3.17 bits per heavy atom. The number of carbonyl (C=O) groups excluding carboxylic acids is 1. The smallest absolute Gasteiger partial charge is 0.268 e. The highest BCUT2D eigenvalue weighted by atomic mass is 16.1. The van der Waals surface area contributed by atoms with Gasteiger partial charge in [-0.05, 0) is 12.1 Å². The van der Waals surface area contributed by atoms with E-state index < -0.39 is 5.91 Å². The molecule has 2 rings (SSSR count). The SMILES string of the molecule is NC(=O)c1cn2cccc2cn1. The van der Waals surface area contributed by atoms with Gasteiger partial charge in [-0.25, -0.2) is 4.98 Å². The highest BCUT2D eigenvalue weighted by Crippen LogP contribution is 2.03. The number of nitrogens with two attached hydrogens (primary N) is 1. The van der Waals surface area contributed by atoms with Crippen LogP contribution < -0.4 is 5.73 Å². The third-order valence-corrected chi connectivity index (χ3v) is 1.66. The number of amides is 1. The summed E-state index contributed by atoms with van der Waals surface area (Å²) in [6, 6.07) is 3.78. The van der Waals surface area contributed by atoms with Crippen LogP contribution in [0, 0.1) is 0 Å². The van der Waals surface area contributed by atoms with E-state index in [0.717, 1.165) is 5.52 Å². The molecule has 0 fully saturated rings. The Bertz CT molecular complexity index is 433. The fourth-order valence-electron chi connectivity index (χ4n) is 1.06. The van der Waals surface area contributed by atoms with Gasteiger partial charge in [0.1, 0.15) is 5.69 Å². The second-order valence-electron chi connectivity index (χ2n) is 2.48. The van der Waals surface area contributed by atoms with Crippen molar-refractivity contribution in [3.8, 4) is 0 Å². The molecule has 0 spiro atoms. The third kappa shape index (κ3) is 0.934. The van der Waals surface area contributed by atoms with Crippen molar-refractivity contribution in [3.63, 3.8) is 0 Å². The van der Waals surface area contributed by atoms with Crippen LogP contribution in [-0.2, 0) is 0 Å². The molecule has 2 heterocycles. The van der Waals surface area contributed by atoms with Gasteiger partial charge in [-0.2, -0.15) is 0 Å². The zero-order chi connectivity index (χ0) is 8.55. The van der Waals surface area contributed by atoms with Crippen molar-refractivity contribution in [1.82, 2.24) is 9.38 Å². The van der Waals surface area contributed by atoms with E-state index in [-0.39, 0.29) is 5.69 Å². The van der Waals surface area contributed by atoms with E-state index in [0.29, 0.717) is 0 Å². The quantitative estimate of drug-likeness (QED) is 0.659. The number of aromatic nitrogens is 2. The molecule has 0 aliphatic rings. The fraction of sp³-hybridized carbons (Fsp3) is 0. The fourth-order valence-corrected chi connectivity index (χ4v) is 1.06. The lowest BCUT2D eigenvalue weighted by Gasteiger charge is -1.96. The number of nitrogens with zero attached hydrogens (tertiary/aromatic N) is 2. The van der Waals surface area contributed by atoms with Gasteiger partial charge in [0.2, 0.25) is 0 Å². The van der Waals surface area contributed by atoms with E-state index in [2.05, 4.69) is 4.98 Å². The van der Waals surface area contributed by atoms with Gasteiger partial charge in [0.05, 0.1) is 11.7 Å². The molecule has 0 aliphatic carbocycles. The summed E-state index contributed by atoms with van der Waals surface area (Å²) in [4.78, 5) is 14.6. The molecule has 0 atom stereocenters. The molecule has 2 aromatic rings. The van der Waals surface area contributed by atoms with Crippen molar-refractivity contribution >= 4 is 11.4 Å². The maximum absolute atomic E-state index is 10.7. The maximum Gasteiger partial charge on any atom is 0.268 e. The Morgan fingerprint density at radius 2 is 2.42 bits per heavy atom. The molecule has 12 heavy (non-hydrogen) atoms. The number of hydrogen-bond acceptors (Lipinski definition) is 2. The van der Waals surface area contributed by atoms with Gasteiger partial charge < -0.3 is 10.1 Å². The lowest BCUT2D eigenvalue weighted by atomic mass is 10.4. The van der Waals surface area contributed by atoms with E-state index in [1.807, 2.05) is 18.3 Å². The van der Waals surface area contributed by atoms with Crippen molar-refractivity contribution in [2.75, 3.05) is 0 Å². The maximum atomic E-state index is 10.7. The van der Waals surface area contributed by atoms with Crippen LogP contribution in [0.3, 0.4) is 0 Å². The Morgan fingerprint density at radius 1 is 1.58 bits per heavy atom. The van der Waals surface area contributed by atoms with E-state index in [9.17, 15) is 4.79 Å². The molecule has 0 aliphatic heterocycles. The largest absolute Gasteiger partial charge is 0.364 e. The summed E-state index contributed by atoms with van der Waals surface area (Å²) in [7, 11) is 0. The molecule has 60 valence electrons. The van der Waals surface area contributed by atoms with Crippen molar-refractivity contribution < 1.29 is 4.79 Å². The van der Waals surface area contributed by atoms with Gasteiger partial charge in [0, 0.05) is 12.4 Å². The molecule has 4 heteroatoms. The summed E-state index contributed by atoms with van der Waals surface area (Å²) in [5.41, 5.74) is 6.28. The van der Waals surface area contributed by atoms with Crippen molar-refractivity contribution in [2.24, 2.45) is 5.73 Å². The molecule has 2 aromatic heterocycles. The minimum absolute atomic E-state index is 0.277. The van der Waals surface area contributed by atoms with Crippen LogP contribution in [0.5, 0.6) is 0 Å². The minimum Gasteiger partial charge on any atom is -0.364 e. The van der Waals surface area contributed by atoms with Crippen molar-refractivity contribution in [2.45, 2.75) is 0 Å². The van der Waals surface area contributed by atoms with Crippen LogP contribution >= 0.6 is 0 Å². The number of carbonyl (C=O) groups is 1. The average molecular weight is 161 g/mol. The molecule has 4 nitrogen and oxygen atoms in total. The predicted octanol–water partition coefficient (Wildman–Crippen LogP) is 0.433. The van der Waals surface area contributed by atoms with Gasteiger partial charge in [0.15, 0.2) is 0 Å². The van der Waals surface area contributed by atoms with Crippen LogP contribution in [0.25, 0.3) is 5.52 Å². The molecule has 1 amide bonds. The minimum atomic E-state index is -0.509. The molecule has 0 bridgehead atoms. The summed E-state index contributed by atoms with van der Waals surface area (Å²) >= 11 is 0. The van der Waals surface area contributed by atoms with Crippen LogP contribution in [-0.4, -0.2) is 15.3 Å². The lowest BCUT2D eigenvalue weighted by Crippen LogP contribution is -2.13. The zero-order valence-electron chi connectivity index (χ0n) is 6.27. The van der Waals surface area contributed by atoms with E-state index in [4.69, 9.17) is 5.73 Å². The third-order valence-electron chi connectivity index (χ3n) is 1.66. The molecule has 0 unspecified atom stereocenters. The normalized spacial score (nSPS) is 10.3. The number of rotatable bonds is 1. The summed E-state index contributed by atoms with van der Waals surface area (Å²) in [6.45, 7) is 0. The number of primary amides is 1. The zero-order valence-corrected chi connectivity index (χ0v) is 6.27. The molecule has 0 radical (unpaired) electrons. The summed E-state index contributed by atoms with van der Waals surface area (Å²) in [5, 5.41) is 0. The van der Waals surface area contributed by atoms with Crippen LogP contribution in [0.2, 0.25) is 0 Å². The molecule has 0 saturated carbocycles. The summed E-state index contributed by atoms with van der Waals surface area (Å²) < 4.78 is 1.80. The highest BCUT2D eigenvalue weighted by molar-refractivity contribution is 5.90. The lowest BCUT2D eigenvalue weighted by molar-refractivity contribution is 0.0995. The topological polar surface area (TPSA) is 60.4 Å². The van der Waals surface area contributed by atoms with E-state index in [1.165, 1.54) is 0 Å². The molecular formula is C8H7N3O. The number of fused-ring (bicyclic) bond motifs is 1. The average Bonchev–Trinajstić information content (AvgIpc) is 2.49. The van der Waals surface area contributed by atoms with Gasteiger partial charge in [-0.15, -0.1) is 0 Å². The van der Waals surface area contributed by atoms with Crippen molar-refractivity contribution in [1.29, 1.82) is 0 Å². The second-order valence-corrected chi connectivity index (χ2v) is 2.48. The van der Waals surface area contributed by atoms with Crippen molar-refractivity contribution in [3.05, 3.63) is 36.4 Å². The standard InChI is InChI=1S/C8H7N3O/c9-8(12)7-5-11-3-1-2-6(11)4-10-7/h1-5H,(H2,9,12). The van der Waals surface area contributed by atoms with E-state index >= 15 is 0 Å². The molecule has 2 N–H and O–H groups in total. The van der Waals surface area contributed by atoms with Crippen LogP contribution in [0.1, 0.15) is 10.5 Å². The first-order chi connectivity index (χ1) is 5.77. The summed E-state index contributed by atoms with van der Waals surface area (Å²) in [5.74, 6) is -0.509. The van der Waals surface area contributed by atoms with E-state index in [1.54, 1.807) is 16.8 Å². The molecule has 0 aromatic carbocycles. The first kappa shape index (κ1) is 6.84. The summed E-state index contributed by atoms with van der Waals surface area (Å²) in [6.07, 6.45) is 5.06. The van der Waals surface area contributed by atoms with Gasteiger partial charge >= 0.3 is 0 Å². The first-order valence-electron chi connectivity index (χ1n) is 3.50. The highest BCUT2D eigenvalue weighted by Gasteiger charge is 2.01. The Kier molecular flexibility index (Phi) is 1.33. The Labute approximate surface area is 68.6 Å². The Hall–Kier alpha value is -1.84.